The number of anilines is 1. The zero-order valence-corrected chi connectivity index (χ0v) is 30.6. The Morgan fingerprint density at radius 1 is 1.08 bits per heavy atom. The van der Waals surface area contributed by atoms with Crippen molar-refractivity contribution in [1.82, 2.24) is 30.2 Å². The minimum Gasteiger partial charge on any atom is -0.386 e. The van der Waals surface area contributed by atoms with Crippen molar-refractivity contribution in [2.45, 2.75) is 57.8 Å². The second-order valence-corrected chi connectivity index (χ2v) is 16.9. The normalized spacial score (nSPS) is 22.6. The van der Waals surface area contributed by atoms with Crippen LogP contribution in [0.15, 0.2) is 12.7 Å². The molecule has 1 saturated heterocycles. The van der Waals surface area contributed by atoms with E-state index < -0.39 is 84.6 Å². The van der Waals surface area contributed by atoms with Gasteiger partial charge in [-0.2, -0.15) is 4.31 Å². The second-order valence-electron chi connectivity index (χ2n) is 11.4. The molecule has 51 heavy (non-hydrogen) atoms. The van der Waals surface area contributed by atoms with Crippen LogP contribution in [0.25, 0.3) is 11.2 Å². The van der Waals surface area contributed by atoms with E-state index >= 15 is 0 Å². The summed E-state index contributed by atoms with van der Waals surface area (Å²) in [6.07, 6.45) is -6.88. The van der Waals surface area contributed by atoms with Crippen LogP contribution >= 0.6 is 35.2 Å². The molecular formula is C23H38N7O17P3S. The summed E-state index contributed by atoms with van der Waals surface area (Å²) < 4.78 is 61.8. The Balaban J connectivity index is 1.55. The first kappa shape index (κ1) is 43.0. The van der Waals surface area contributed by atoms with Crippen LogP contribution in [0.3, 0.4) is 0 Å². The number of nitrogens with two attached hydrogens (primary N) is 1. The number of nitrogens with one attached hydrogen (secondary N) is 2. The number of hydrogen-bond donors (Lipinski definition) is 9. The van der Waals surface area contributed by atoms with Crippen LogP contribution < -0.4 is 16.4 Å². The van der Waals surface area contributed by atoms with E-state index in [9.17, 15) is 57.9 Å². The lowest BCUT2D eigenvalue weighted by molar-refractivity contribution is -0.137. The number of hydrogen-bond acceptors (Lipinski definition) is 18. The SMILES string of the molecule is CC(=O)SCCNC(=O)CCNC(=O)C(O)C(C)(C)COP(=O)(O)OP(=O)(O)OC[C@H]1O[C@@H](n2cnc3c(N)ncnc32)C(O)[C@@H]1OP(=O)(O)O. The van der Waals surface area contributed by atoms with E-state index in [2.05, 4.69) is 34.4 Å². The number of ether oxygens (including phenoxy) is 1. The van der Waals surface area contributed by atoms with Gasteiger partial charge in [-0.1, -0.05) is 25.6 Å². The van der Waals surface area contributed by atoms with Crippen molar-refractivity contribution in [2.24, 2.45) is 5.41 Å². The highest BCUT2D eigenvalue weighted by atomic mass is 32.2. The molecule has 2 aromatic rings. The van der Waals surface area contributed by atoms with Gasteiger partial charge in [-0.15, -0.1) is 0 Å². The van der Waals surface area contributed by atoms with E-state index in [0.717, 1.165) is 29.0 Å². The van der Waals surface area contributed by atoms with E-state index in [0.29, 0.717) is 5.75 Å². The maximum atomic E-state index is 12.6. The number of phosphoric ester groups is 3. The van der Waals surface area contributed by atoms with Crippen LogP contribution in [0.1, 0.15) is 33.4 Å². The van der Waals surface area contributed by atoms with Crippen LogP contribution in [0.5, 0.6) is 0 Å². The van der Waals surface area contributed by atoms with Crippen LogP contribution in [0, 0.1) is 5.41 Å². The lowest BCUT2D eigenvalue weighted by Gasteiger charge is -2.30. The van der Waals surface area contributed by atoms with Crippen molar-refractivity contribution in [1.29, 1.82) is 0 Å². The molecular weight excluding hydrogens is 771 g/mol. The van der Waals surface area contributed by atoms with Gasteiger partial charge in [0.05, 0.1) is 19.5 Å². The lowest BCUT2D eigenvalue weighted by Crippen LogP contribution is -2.46. The zero-order valence-electron chi connectivity index (χ0n) is 27.1. The van der Waals surface area contributed by atoms with Gasteiger partial charge in [0.15, 0.2) is 22.8 Å². The molecule has 3 heterocycles. The number of aliphatic hydroxyl groups is 2. The first-order valence-electron chi connectivity index (χ1n) is 14.5. The molecule has 0 bridgehead atoms. The van der Waals surface area contributed by atoms with E-state index in [1.807, 2.05) is 0 Å². The molecule has 0 aromatic carbocycles. The van der Waals surface area contributed by atoms with Gasteiger partial charge < -0.3 is 50.9 Å². The molecule has 1 aliphatic heterocycles. The van der Waals surface area contributed by atoms with Gasteiger partial charge in [0.1, 0.15) is 36.3 Å². The van der Waals surface area contributed by atoms with Crippen LogP contribution in [0.2, 0.25) is 0 Å². The molecule has 28 heteroatoms. The summed E-state index contributed by atoms with van der Waals surface area (Å²) >= 11 is 1.03. The Labute approximate surface area is 293 Å². The molecule has 4 unspecified atom stereocenters. The number of aromatic nitrogens is 4. The molecule has 0 saturated carbocycles. The van der Waals surface area contributed by atoms with E-state index in [1.54, 1.807) is 0 Å². The van der Waals surface area contributed by atoms with Crippen molar-refractivity contribution >= 4 is 69.1 Å². The molecule has 0 radical (unpaired) electrons. The fourth-order valence-corrected chi connectivity index (χ4v) is 7.65. The third-order valence-corrected chi connectivity index (χ3v) is 10.7. The number of phosphoric acid groups is 3. The van der Waals surface area contributed by atoms with Crippen molar-refractivity contribution in [3.63, 3.8) is 0 Å². The smallest absolute Gasteiger partial charge is 0.386 e. The predicted molar refractivity (Wildman–Crippen MR) is 173 cm³/mol. The number of carbonyl (C=O) groups excluding carboxylic acids is 3. The molecule has 288 valence electrons. The van der Waals surface area contributed by atoms with Crippen LogP contribution in [0.4, 0.5) is 5.82 Å². The van der Waals surface area contributed by atoms with Gasteiger partial charge in [-0.25, -0.2) is 28.6 Å². The first-order chi connectivity index (χ1) is 23.5. The zero-order chi connectivity index (χ0) is 38.4. The molecule has 1 aliphatic rings. The number of amides is 2. The second kappa shape index (κ2) is 17.6. The van der Waals surface area contributed by atoms with E-state index in [-0.39, 0.29) is 41.6 Å². The Morgan fingerprint density at radius 3 is 2.39 bits per heavy atom. The number of thioether (sulfide) groups is 1. The maximum Gasteiger partial charge on any atom is 0.481 e. The topological polar surface area (TPSA) is 364 Å². The molecule has 2 aromatic heterocycles. The van der Waals surface area contributed by atoms with Gasteiger partial charge in [0.25, 0.3) is 0 Å². The monoisotopic (exact) mass is 809 g/mol. The number of rotatable bonds is 19. The summed E-state index contributed by atoms with van der Waals surface area (Å²) in [5.41, 5.74) is 4.26. The van der Waals surface area contributed by atoms with E-state index in [1.165, 1.54) is 20.8 Å². The van der Waals surface area contributed by atoms with Crippen LogP contribution in [-0.4, -0.2) is 123 Å². The van der Waals surface area contributed by atoms with Gasteiger partial charge in [0, 0.05) is 37.6 Å². The minimum absolute atomic E-state index is 0.0310. The highest BCUT2D eigenvalue weighted by Gasteiger charge is 2.50. The molecule has 2 amide bonds. The fraction of sp³-hybridized carbons (Fsp3) is 0.652. The summed E-state index contributed by atoms with van der Waals surface area (Å²) in [5.74, 6) is -1.08. The lowest BCUT2D eigenvalue weighted by atomic mass is 9.87. The van der Waals surface area contributed by atoms with Crippen molar-refractivity contribution < 1.29 is 80.5 Å². The minimum atomic E-state index is -5.56. The summed E-state index contributed by atoms with van der Waals surface area (Å²) in [6.45, 7) is 1.90. The number of fused-ring (bicyclic) bond motifs is 1. The van der Waals surface area contributed by atoms with Crippen molar-refractivity contribution in [3.05, 3.63) is 12.7 Å². The summed E-state index contributed by atoms with van der Waals surface area (Å²) in [5, 5.41) is 26.1. The largest absolute Gasteiger partial charge is 0.481 e. The Hall–Kier alpha value is -2.44. The van der Waals surface area contributed by atoms with E-state index in [4.69, 9.17) is 19.5 Å². The number of nitrogens with zero attached hydrogens (tertiary/aromatic N) is 4. The predicted octanol–water partition coefficient (Wildman–Crippen LogP) is -1.32. The molecule has 0 spiro atoms. The molecule has 1 fully saturated rings. The Morgan fingerprint density at radius 2 is 1.75 bits per heavy atom. The number of nitrogen functional groups attached to an aromatic ring is 1. The standard InChI is InChI=1S/C23H38N7O17P3S/c1-12(31)51-7-6-25-14(32)4-5-26-21(35)18(34)23(2,3)9-44-50(41,42)47-49(39,40)43-8-13-17(46-48(36,37)38)16(33)22(45-13)30-11-29-15-19(24)27-10-28-20(15)30/h10-11,13,16-18,22,33-34H,4-9H2,1-3H3,(H,25,32)(H,26,35)(H,39,40)(H,41,42)(H2,24,27,28)(H2,36,37,38)/t13-,16?,17-,18?,22-/m1/s1. The number of aliphatic hydroxyl groups excluding tert-OH is 2. The maximum absolute atomic E-state index is 12.6. The summed E-state index contributed by atoms with van der Waals surface area (Å²) in [7, 11) is -16.4. The number of imidazole rings is 1. The van der Waals surface area contributed by atoms with Crippen molar-refractivity contribution in [2.75, 3.05) is 37.8 Å². The van der Waals surface area contributed by atoms with Crippen LogP contribution in [-0.2, 0) is 50.7 Å². The molecule has 7 atom stereocenters. The third kappa shape index (κ3) is 12.9. The molecule has 0 aliphatic carbocycles. The van der Waals surface area contributed by atoms with Gasteiger partial charge in [-0.3, -0.25) is 32.5 Å². The quantitative estimate of drug-likeness (QED) is 0.0587. The highest BCUT2D eigenvalue weighted by molar-refractivity contribution is 8.13. The Kier molecular flexibility index (Phi) is 14.8. The fourth-order valence-electron chi connectivity index (χ4n) is 4.32. The number of carbonyl (C=O) groups is 3. The van der Waals surface area contributed by atoms with Gasteiger partial charge >= 0.3 is 23.5 Å². The molecule has 3 rings (SSSR count). The Bertz CT molecular complexity index is 1710. The average Bonchev–Trinajstić information content (AvgIpc) is 3.57. The third-order valence-electron chi connectivity index (χ3n) is 6.81. The highest BCUT2D eigenvalue weighted by Crippen LogP contribution is 2.61. The molecule has 24 nitrogen and oxygen atoms in total. The summed E-state index contributed by atoms with van der Waals surface area (Å²) in [6, 6.07) is 0. The van der Waals surface area contributed by atoms with Crippen molar-refractivity contribution in [3.8, 4) is 0 Å². The summed E-state index contributed by atoms with van der Waals surface area (Å²) in [4.78, 5) is 85.9. The first-order valence-corrected chi connectivity index (χ1v) is 20.0. The molecule has 10 N–H and O–H groups in total. The average molecular weight is 810 g/mol. The van der Waals surface area contributed by atoms with Gasteiger partial charge in [-0.05, 0) is 0 Å². The van der Waals surface area contributed by atoms with Gasteiger partial charge in [0.2, 0.25) is 11.8 Å².